The normalized spacial score (nSPS) is 12.6. The minimum atomic E-state index is -0.393. The van der Waals surface area contributed by atoms with Crippen molar-refractivity contribution in [1.29, 1.82) is 0 Å². The van der Waals surface area contributed by atoms with Crippen LogP contribution in [0.5, 0.6) is 0 Å². The zero-order chi connectivity index (χ0) is 20.3. The van der Waals surface area contributed by atoms with Crippen LogP contribution in [0, 0.1) is 5.41 Å². The second-order valence-electron chi connectivity index (χ2n) is 7.79. The van der Waals surface area contributed by atoms with E-state index >= 15 is 0 Å². The van der Waals surface area contributed by atoms with Gasteiger partial charge in [-0.15, -0.1) is 5.10 Å². The predicted molar refractivity (Wildman–Crippen MR) is 112 cm³/mol. The highest BCUT2D eigenvalue weighted by Crippen LogP contribution is 2.34. The third kappa shape index (κ3) is 4.01. The summed E-state index contributed by atoms with van der Waals surface area (Å²) in [6, 6.07) is 21.4. The van der Waals surface area contributed by atoms with Crippen LogP contribution in [0.15, 0.2) is 79.1 Å². The number of para-hydroxylation sites is 1. The molecule has 4 aromatic rings. The molecule has 1 unspecified atom stereocenters. The van der Waals surface area contributed by atoms with E-state index in [4.69, 9.17) is 0 Å². The van der Waals surface area contributed by atoms with Gasteiger partial charge in [-0.05, 0) is 36.2 Å². The van der Waals surface area contributed by atoms with Crippen LogP contribution in [0.3, 0.4) is 0 Å². The number of carbonyl (C=O) groups is 1. The maximum Gasteiger partial charge on any atom is 0.253 e. The molecule has 1 N–H and O–H groups in total. The summed E-state index contributed by atoms with van der Waals surface area (Å²) < 4.78 is 1.82. The van der Waals surface area contributed by atoms with Gasteiger partial charge in [0.05, 0.1) is 5.52 Å². The highest BCUT2D eigenvalue weighted by Gasteiger charge is 2.34. The maximum atomic E-state index is 13.0. The fraction of sp³-hybridized carbons (Fsp3) is 0.217. The second kappa shape index (κ2) is 7.83. The largest absolute Gasteiger partial charge is 0.330 e. The van der Waals surface area contributed by atoms with Gasteiger partial charge in [0.15, 0.2) is 0 Å². The lowest BCUT2D eigenvalue weighted by Gasteiger charge is -2.35. The molecular formula is C23H23N5O. The Morgan fingerprint density at radius 2 is 1.69 bits per heavy atom. The van der Waals surface area contributed by atoms with Gasteiger partial charge in [-0.3, -0.25) is 9.78 Å². The zero-order valence-corrected chi connectivity index (χ0v) is 16.5. The number of fused-ring (bicyclic) bond motifs is 1. The molecule has 2 heterocycles. The summed E-state index contributed by atoms with van der Waals surface area (Å²) in [6.45, 7) is 4.27. The van der Waals surface area contributed by atoms with Crippen molar-refractivity contribution >= 4 is 16.9 Å². The van der Waals surface area contributed by atoms with Crippen LogP contribution in [0.1, 0.15) is 35.9 Å². The van der Waals surface area contributed by atoms with Gasteiger partial charge in [-0.1, -0.05) is 61.5 Å². The lowest BCUT2D eigenvalue weighted by atomic mass is 9.82. The van der Waals surface area contributed by atoms with Gasteiger partial charge in [-0.2, -0.15) is 0 Å². The van der Waals surface area contributed by atoms with E-state index in [1.165, 1.54) is 5.56 Å². The van der Waals surface area contributed by atoms with E-state index in [2.05, 4.69) is 46.6 Å². The van der Waals surface area contributed by atoms with E-state index in [0.29, 0.717) is 5.56 Å². The lowest BCUT2D eigenvalue weighted by molar-refractivity contribution is 0.0822. The van der Waals surface area contributed by atoms with Crippen LogP contribution >= 0.6 is 0 Å². The highest BCUT2D eigenvalue weighted by molar-refractivity contribution is 5.94. The molecule has 6 heteroatoms. The Balaban J connectivity index is 1.73. The molecule has 2 aromatic carbocycles. The van der Waals surface area contributed by atoms with Gasteiger partial charge in [0, 0.05) is 23.4 Å². The van der Waals surface area contributed by atoms with Crippen LogP contribution in [-0.2, 0) is 6.42 Å². The molecule has 0 fully saturated rings. The highest BCUT2D eigenvalue weighted by atomic mass is 16.1. The number of amides is 1. The molecule has 0 radical (unpaired) electrons. The molecule has 1 amide bonds. The van der Waals surface area contributed by atoms with Gasteiger partial charge in [0.1, 0.15) is 11.7 Å². The Hall–Kier alpha value is -3.54. The molecule has 6 nitrogen and oxygen atoms in total. The number of rotatable bonds is 6. The van der Waals surface area contributed by atoms with Crippen LogP contribution in [0.25, 0.3) is 11.0 Å². The topological polar surface area (TPSA) is 72.7 Å². The first-order chi connectivity index (χ1) is 14.0. The maximum absolute atomic E-state index is 13.0. The number of pyridine rings is 1. The third-order valence-electron chi connectivity index (χ3n) is 5.08. The average Bonchev–Trinajstić information content (AvgIpc) is 3.16. The number of aromatic nitrogens is 4. The van der Waals surface area contributed by atoms with E-state index in [-0.39, 0.29) is 11.3 Å². The number of hydrogen-bond acceptors (Lipinski definition) is 4. The van der Waals surface area contributed by atoms with Crippen molar-refractivity contribution in [2.45, 2.75) is 26.4 Å². The Bertz CT molecular complexity index is 1110. The zero-order valence-electron chi connectivity index (χ0n) is 16.5. The van der Waals surface area contributed by atoms with Gasteiger partial charge < -0.3 is 5.32 Å². The summed E-state index contributed by atoms with van der Waals surface area (Å²) in [5.74, 6) is -0.168. The van der Waals surface area contributed by atoms with Gasteiger partial charge >= 0.3 is 0 Å². The lowest BCUT2D eigenvalue weighted by Crippen LogP contribution is -2.43. The summed E-state index contributed by atoms with van der Waals surface area (Å²) in [6.07, 6.45) is 3.60. The fourth-order valence-electron chi connectivity index (χ4n) is 3.59. The molecule has 146 valence electrons. The Labute approximate surface area is 169 Å². The van der Waals surface area contributed by atoms with E-state index in [1.54, 1.807) is 24.5 Å². The summed E-state index contributed by atoms with van der Waals surface area (Å²) in [5.41, 5.74) is 3.11. The molecule has 29 heavy (non-hydrogen) atoms. The van der Waals surface area contributed by atoms with Crippen LogP contribution in [0.4, 0.5) is 0 Å². The van der Waals surface area contributed by atoms with E-state index in [9.17, 15) is 4.79 Å². The van der Waals surface area contributed by atoms with E-state index < -0.39 is 6.17 Å². The van der Waals surface area contributed by atoms with Crippen molar-refractivity contribution in [1.82, 2.24) is 25.3 Å². The minimum Gasteiger partial charge on any atom is -0.330 e. The van der Waals surface area contributed by atoms with Crippen molar-refractivity contribution < 1.29 is 4.79 Å². The van der Waals surface area contributed by atoms with Crippen molar-refractivity contribution in [3.63, 3.8) is 0 Å². The summed E-state index contributed by atoms with van der Waals surface area (Å²) in [4.78, 5) is 17.0. The van der Waals surface area contributed by atoms with E-state index in [1.807, 2.05) is 47.1 Å². The van der Waals surface area contributed by atoms with Crippen molar-refractivity contribution in [3.8, 4) is 0 Å². The minimum absolute atomic E-state index is 0.168. The third-order valence-corrected chi connectivity index (χ3v) is 5.08. The first kappa shape index (κ1) is 18.8. The average molecular weight is 385 g/mol. The Morgan fingerprint density at radius 1 is 1.00 bits per heavy atom. The quantitative estimate of drug-likeness (QED) is 0.544. The van der Waals surface area contributed by atoms with Gasteiger partial charge in [0.2, 0.25) is 0 Å². The Kier molecular flexibility index (Phi) is 5.08. The van der Waals surface area contributed by atoms with E-state index in [0.717, 1.165) is 17.5 Å². The summed E-state index contributed by atoms with van der Waals surface area (Å²) in [7, 11) is 0. The number of carbonyl (C=O) groups excluding carboxylic acids is 1. The molecule has 0 saturated carbocycles. The molecule has 0 bridgehead atoms. The first-order valence-electron chi connectivity index (χ1n) is 9.59. The SMILES string of the molecule is CC(C)(Cc1ccccc1)C(NC(=O)c1ccncc1)n1nnc2ccccc21. The second-order valence-corrected chi connectivity index (χ2v) is 7.79. The summed E-state index contributed by atoms with van der Waals surface area (Å²) >= 11 is 0. The number of benzene rings is 2. The standard InChI is InChI=1S/C23H23N5O/c1-23(2,16-17-8-4-3-5-9-17)22(25-21(29)18-12-14-24-15-13-18)28-20-11-7-6-10-19(20)26-27-28/h3-15,22H,16H2,1-2H3,(H,25,29). The van der Waals surface area contributed by atoms with Gasteiger partial charge in [-0.25, -0.2) is 4.68 Å². The van der Waals surface area contributed by atoms with Crippen molar-refractivity contribution in [2.24, 2.45) is 5.41 Å². The van der Waals surface area contributed by atoms with Gasteiger partial charge in [0.25, 0.3) is 5.91 Å². The van der Waals surface area contributed by atoms with Crippen LogP contribution in [-0.4, -0.2) is 25.9 Å². The Morgan fingerprint density at radius 3 is 2.45 bits per heavy atom. The molecule has 2 aromatic heterocycles. The van der Waals surface area contributed by atoms with Crippen LogP contribution in [0.2, 0.25) is 0 Å². The molecule has 0 aliphatic rings. The van der Waals surface area contributed by atoms with Crippen molar-refractivity contribution in [2.75, 3.05) is 0 Å². The fourth-order valence-corrected chi connectivity index (χ4v) is 3.59. The number of hydrogen-bond donors (Lipinski definition) is 1. The monoisotopic (exact) mass is 385 g/mol. The smallest absolute Gasteiger partial charge is 0.253 e. The molecule has 0 spiro atoms. The number of nitrogens with one attached hydrogen (secondary N) is 1. The molecule has 0 aliphatic heterocycles. The summed E-state index contributed by atoms with van der Waals surface area (Å²) in [5, 5.41) is 11.9. The van der Waals surface area contributed by atoms with Crippen LogP contribution < -0.4 is 5.32 Å². The molecule has 1 atom stereocenters. The predicted octanol–water partition coefficient (Wildman–Crippen LogP) is 4.02. The molecular weight excluding hydrogens is 362 g/mol. The first-order valence-corrected chi connectivity index (χ1v) is 9.59. The number of nitrogens with zero attached hydrogens (tertiary/aromatic N) is 4. The van der Waals surface area contributed by atoms with Crippen molar-refractivity contribution in [3.05, 3.63) is 90.3 Å². The molecule has 0 aliphatic carbocycles. The molecule has 4 rings (SSSR count). The molecule has 0 saturated heterocycles.